The number of hydrogen-bond acceptors (Lipinski definition) is 5. The van der Waals surface area contributed by atoms with Crippen molar-refractivity contribution in [2.24, 2.45) is 0 Å². The highest BCUT2D eigenvalue weighted by Gasteiger charge is 2.16. The van der Waals surface area contributed by atoms with Gasteiger partial charge in [-0.25, -0.2) is 4.68 Å². The van der Waals surface area contributed by atoms with E-state index >= 15 is 0 Å². The topological polar surface area (TPSA) is 73.8 Å². The van der Waals surface area contributed by atoms with Gasteiger partial charge in [-0.2, -0.15) is 10.1 Å². The van der Waals surface area contributed by atoms with Gasteiger partial charge in [-0.15, -0.1) is 0 Å². The third-order valence-electron chi connectivity index (χ3n) is 3.73. The molecule has 0 N–H and O–H groups in total. The van der Waals surface area contributed by atoms with Crippen molar-refractivity contribution in [2.75, 3.05) is 0 Å². The standard InChI is InChI=1S/C19H14N4O2/c1-13-6-5-7-14(12-13)18-20-19(25-22-18)17-16(24)10-11-23(21-17)15-8-3-2-4-9-15/h2-12H,1H3. The highest BCUT2D eigenvalue weighted by molar-refractivity contribution is 5.58. The highest BCUT2D eigenvalue weighted by Crippen LogP contribution is 2.20. The van der Waals surface area contributed by atoms with Gasteiger partial charge in [0.05, 0.1) is 5.69 Å². The molecule has 25 heavy (non-hydrogen) atoms. The second kappa shape index (κ2) is 6.16. The van der Waals surface area contributed by atoms with Gasteiger partial charge in [0, 0.05) is 17.8 Å². The van der Waals surface area contributed by atoms with Crippen LogP contribution in [0, 0.1) is 6.92 Å². The van der Waals surface area contributed by atoms with Gasteiger partial charge in [-0.1, -0.05) is 47.1 Å². The summed E-state index contributed by atoms with van der Waals surface area (Å²) in [6.45, 7) is 1.99. The quantitative estimate of drug-likeness (QED) is 0.576. The van der Waals surface area contributed by atoms with Crippen molar-refractivity contribution in [3.8, 4) is 28.7 Å². The maximum atomic E-state index is 12.2. The van der Waals surface area contributed by atoms with E-state index in [2.05, 4.69) is 15.2 Å². The number of benzene rings is 2. The maximum absolute atomic E-state index is 12.2. The van der Waals surface area contributed by atoms with E-state index in [9.17, 15) is 4.79 Å². The first kappa shape index (κ1) is 15.0. The molecular weight excluding hydrogens is 316 g/mol. The van der Waals surface area contributed by atoms with Crippen LogP contribution in [-0.4, -0.2) is 19.9 Å². The van der Waals surface area contributed by atoms with Gasteiger partial charge in [0.25, 0.3) is 5.89 Å². The van der Waals surface area contributed by atoms with E-state index in [1.165, 1.54) is 6.07 Å². The predicted octanol–water partition coefficient (Wildman–Crippen LogP) is 3.26. The zero-order valence-electron chi connectivity index (χ0n) is 13.5. The highest BCUT2D eigenvalue weighted by atomic mass is 16.5. The van der Waals surface area contributed by atoms with Gasteiger partial charge < -0.3 is 4.52 Å². The molecule has 0 radical (unpaired) electrons. The van der Waals surface area contributed by atoms with Crippen molar-refractivity contribution in [1.29, 1.82) is 0 Å². The fraction of sp³-hybridized carbons (Fsp3) is 0.0526. The van der Waals surface area contributed by atoms with E-state index in [4.69, 9.17) is 4.52 Å². The summed E-state index contributed by atoms with van der Waals surface area (Å²) in [5.74, 6) is 0.529. The Morgan fingerprint density at radius 1 is 1.00 bits per heavy atom. The predicted molar refractivity (Wildman–Crippen MR) is 93.3 cm³/mol. The lowest BCUT2D eigenvalue weighted by atomic mass is 10.1. The minimum Gasteiger partial charge on any atom is -0.332 e. The van der Waals surface area contributed by atoms with E-state index in [0.29, 0.717) is 5.82 Å². The number of rotatable bonds is 3. The van der Waals surface area contributed by atoms with Crippen molar-refractivity contribution >= 4 is 0 Å². The smallest absolute Gasteiger partial charge is 0.282 e. The Balaban J connectivity index is 1.77. The number of aryl methyl sites for hydroxylation is 1. The van der Waals surface area contributed by atoms with Gasteiger partial charge in [-0.05, 0) is 25.1 Å². The maximum Gasteiger partial charge on any atom is 0.282 e. The molecule has 0 atom stereocenters. The lowest BCUT2D eigenvalue weighted by Crippen LogP contribution is -2.12. The molecule has 0 saturated carbocycles. The fourth-order valence-corrected chi connectivity index (χ4v) is 2.50. The van der Waals surface area contributed by atoms with Crippen molar-refractivity contribution in [3.63, 3.8) is 0 Å². The summed E-state index contributed by atoms with van der Waals surface area (Å²) in [5.41, 5.74) is 2.61. The second-order valence-electron chi connectivity index (χ2n) is 5.60. The van der Waals surface area contributed by atoms with Crippen LogP contribution in [0.1, 0.15) is 5.56 Å². The molecule has 2 aromatic heterocycles. The number of hydrogen-bond donors (Lipinski definition) is 0. The second-order valence-corrected chi connectivity index (χ2v) is 5.60. The van der Waals surface area contributed by atoms with E-state index in [0.717, 1.165) is 16.8 Å². The summed E-state index contributed by atoms with van der Waals surface area (Å²) in [6.07, 6.45) is 1.61. The molecule has 0 unspecified atom stereocenters. The summed E-state index contributed by atoms with van der Waals surface area (Å²) in [5, 5.41) is 8.32. The van der Waals surface area contributed by atoms with Gasteiger partial charge in [0.1, 0.15) is 0 Å². The monoisotopic (exact) mass is 330 g/mol. The number of nitrogens with zero attached hydrogens (tertiary/aromatic N) is 4. The van der Waals surface area contributed by atoms with Gasteiger partial charge >= 0.3 is 0 Å². The molecule has 6 nitrogen and oxygen atoms in total. The van der Waals surface area contributed by atoms with Gasteiger partial charge in [0.15, 0.2) is 5.69 Å². The Labute approximate surface area is 143 Å². The van der Waals surface area contributed by atoms with Crippen LogP contribution < -0.4 is 5.43 Å². The van der Waals surface area contributed by atoms with Gasteiger partial charge in [0.2, 0.25) is 11.3 Å². The molecule has 122 valence electrons. The van der Waals surface area contributed by atoms with Crippen molar-refractivity contribution in [1.82, 2.24) is 19.9 Å². The van der Waals surface area contributed by atoms with E-state index in [-0.39, 0.29) is 17.0 Å². The number of aromatic nitrogens is 4. The summed E-state index contributed by atoms with van der Waals surface area (Å²) < 4.78 is 6.88. The molecule has 0 fully saturated rings. The molecule has 6 heteroatoms. The zero-order valence-corrected chi connectivity index (χ0v) is 13.5. The van der Waals surface area contributed by atoms with Crippen LogP contribution in [0.25, 0.3) is 28.7 Å². The van der Waals surface area contributed by atoms with Crippen LogP contribution in [0.15, 0.2) is 76.2 Å². The largest absolute Gasteiger partial charge is 0.332 e. The van der Waals surface area contributed by atoms with Crippen LogP contribution >= 0.6 is 0 Å². The van der Waals surface area contributed by atoms with Crippen molar-refractivity contribution in [2.45, 2.75) is 6.92 Å². The number of para-hydroxylation sites is 1. The Hall–Kier alpha value is -3.54. The van der Waals surface area contributed by atoms with Crippen molar-refractivity contribution in [3.05, 3.63) is 82.6 Å². The molecule has 0 bridgehead atoms. The van der Waals surface area contributed by atoms with Crippen LogP contribution in [0.4, 0.5) is 0 Å². The average molecular weight is 330 g/mol. The van der Waals surface area contributed by atoms with Crippen molar-refractivity contribution < 1.29 is 4.52 Å². The lowest BCUT2D eigenvalue weighted by Gasteiger charge is -2.04. The summed E-state index contributed by atoms with van der Waals surface area (Å²) in [7, 11) is 0. The molecule has 0 aliphatic rings. The molecule has 0 aliphatic carbocycles. The van der Waals surface area contributed by atoms with E-state index in [1.807, 2.05) is 61.5 Å². The summed E-state index contributed by atoms with van der Waals surface area (Å²) >= 11 is 0. The molecule has 4 aromatic rings. The third-order valence-corrected chi connectivity index (χ3v) is 3.73. The molecule has 0 aliphatic heterocycles. The zero-order chi connectivity index (χ0) is 17.2. The Morgan fingerprint density at radius 2 is 1.84 bits per heavy atom. The van der Waals surface area contributed by atoms with Gasteiger partial charge in [-0.3, -0.25) is 4.79 Å². The fourth-order valence-electron chi connectivity index (χ4n) is 2.50. The first-order valence-electron chi connectivity index (χ1n) is 7.77. The minimum atomic E-state index is -0.272. The molecule has 0 saturated heterocycles. The van der Waals surface area contributed by atoms with Crippen LogP contribution in [0.5, 0.6) is 0 Å². The Kier molecular flexibility index (Phi) is 3.70. The Morgan fingerprint density at radius 3 is 2.64 bits per heavy atom. The van der Waals surface area contributed by atoms with E-state index < -0.39 is 0 Å². The summed E-state index contributed by atoms with van der Waals surface area (Å²) in [6, 6.07) is 18.7. The molecule has 0 amide bonds. The Bertz CT molecular complexity index is 1080. The first-order chi connectivity index (χ1) is 12.2. The SMILES string of the molecule is Cc1cccc(-c2noc(-c3nn(-c4ccccc4)ccc3=O)n2)c1. The normalized spacial score (nSPS) is 10.8. The minimum absolute atomic E-state index is 0.104. The molecular formula is C19H14N4O2. The van der Waals surface area contributed by atoms with E-state index in [1.54, 1.807) is 10.9 Å². The van der Waals surface area contributed by atoms with Crippen LogP contribution in [0.2, 0.25) is 0 Å². The third kappa shape index (κ3) is 2.97. The molecule has 2 aromatic carbocycles. The average Bonchev–Trinajstić information content (AvgIpc) is 3.13. The molecule has 0 spiro atoms. The first-order valence-corrected chi connectivity index (χ1v) is 7.77. The lowest BCUT2D eigenvalue weighted by molar-refractivity contribution is 0.429. The molecule has 2 heterocycles. The van der Waals surface area contributed by atoms with Crippen LogP contribution in [-0.2, 0) is 0 Å². The molecule has 4 rings (SSSR count). The van der Waals surface area contributed by atoms with Crippen LogP contribution in [0.3, 0.4) is 0 Å². The summed E-state index contributed by atoms with van der Waals surface area (Å²) in [4.78, 5) is 16.5.